The number of sulfonamides is 1. The number of aromatic carboxylic acids is 1. The van der Waals surface area contributed by atoms with Crippen LogP contribution in [-0.4, -0.2) is 79.8 Å². The number of fused-ring (bicyclic) bond motifs is 7. The van der Waals surface area contributed by atoms with E-state index in [4.69, 9.17) is 0 Å². The third-order valence-electron chi connectivity index (χ3n) is 16.9. The molecule has 5 aliphatic carbocycles. The number of nitrogens with one attached hydrogen (secondary N) is 1. The van der Waals surface area contributed by atoms with Crippen LogP contribution < -0.4 is 5.32 Å². The Kier molecular flexibility index (Phi) is 9.57. The predicted molar refractivity (Wildman–Crippen MR) is 207 cm³/mol. The van der Waals surface area contributed by atoms with Crippen molar-refractivity contribution in [2.45, 2.75) is 105 Å². The first kappa shape index (κ1) is 38.2. The summed E-state index contributed by atoms with van der Waals surface area (Å²) in [5.41, 5.74) is 3.59. The van der Waals surface area contributed by atoms with Gasteiger partial charge in [-0.2, -0.15) is 4.31 Å². The van der Waals surface area contributed by atoms with Crippen LogP contribution in [0.5, 0.6) is 0 Å². The van der Waals surface area contributed by atoms with E-state index in [1.54, 1.807) is 4.31 Å². The average Bonchev–Trinajstić information content (AvgIpc) is 3.44. The van der Waals surface area contributed by atoms with Crippen molar-refractivity contribution in [3.05, 3.63) is 53.4 Å². The molecule has 2 N–H and O–H groups in total. The third-order valence-corrected chi connectivity index (χ3v) is 18.2. The van der Waals surface area contributed by atoms with Gasteiger partial charge in [0.25, 0.3) is 0 Å². The van der Waals surface area contributed by atoms with E-state index in [0.717, 1.165) is 50.2 Å². The highest BCUT2D eigenvalue weighted by Crippen LogP contribution is 2.76. The molecule has 0 amide bonds. The molecule has 288 valence electrons. The Bertz CT molecular complexity index is 1750. The Morgan fingerprint density at radius 2 is 1.67 bits per heavy atom. The number of hydrogen-bond donors (Lipinski definition) is 2. The number of piperazine rings is 1. The van der Waals surface area contributed by atoms with Crippen LogP contribution >= 0.6 is 0 Å². The lowest BCUT2D eigenvalue weighted by molar-refractivity contribution is -0.219. The van der Waals surface area contributed by atoms with Crippen molar-refractivity contribution in [3.63, 3.8) is 0 Å². The first-order chi connectivity index (χ1) is 24.3. The van der Waals surface area contributed by atoms with Gasteiger partial charge in [-0.05, 0) is 139 Å². The van der Waals surface area contributed by atoms with E-state index in [0.29, 0.717) is 42.7 Å². The molecule has 4 saturated carbocycles. The number of nitrogens with zero attached hydrogens (tertiary/aromatic N) is 2. The van der Waals surface area contributed by atoms with Crippen LogP contribution in [0.1, 0.15) is 115 Å². The van der Waals surface area contributed by atoms with Gasteiger partial charge < -0.3 is 10.4 Å². The van der Waals surface area contributed by atoms with Crippen LogP contribution in [0.15, 0.2) is 36.4 Å². The number of carboxylic acid groups (broad SMARTS) is 1. The first-order valence-corrected chi connectivity index (χ1v) is 22.0. The predicted octanol–water partition coefficient (Wildman–Crippen LogP) is 8.09. The fourth-order valence-electron chi connectivity index (χ4n) is 14.2. The third kappa shape index (κ3) is 5.80. The average molecular weight is 738 g/mol. The normalized spacial score (nSPS) is 40.5. The highest BCUT2D eigenvalue weighted by Gasteiger charge is 2.70. The van der Waals surface area contributed by atoms with Crippen LogP contribution in [0.25, 0.3) is 5.57 Å². The van der Waals surface area contributed by atoms with Crippen molar-refractivity contribution in [2.75, 3.05) is 45.5 Å². The SMILES string of the molecule is C=C(C)[C@@H]1CC[C@]2(NCCN3CCN(S(C)(=O)=O)CC3)CC[C@]3(C)[C@H](CC[C@@H]4[C@@]5(C)CC=C(c6ccc(C(=O)O)c(F)c6)C(C)(C)[C@@H]5CC[C@]43C)[C@@H]12. The van der Waals surface area contributed by atoms with Crippen LogP contribution in [0.3, 0.4) is 0 Å². The quantitative estimate of drug-likeness (QED) is 0.262. The van der Waals surface area contributed by atoms with E-state index >= 15 is 0 Å². The molecule has 1 heterocycles. The molecule has 9 atom stereocenters. The summed E-state index contributed by atoms with van der Waals surface area (Å²) in [5.74, 6) is 0.914. The largest absolute Gasteiger partial charge is 0.478 e. The van der Waals surface area contributed by atoms with Crippen molar-refractivity contribution in [1.29, 1.82) is 0 Å². The molecule has 7 nitrogen and oxygen atoms in total. The number of carboxylic acids is 1. The molecule has 1 aromatic rings. The molecular weight excluding hydrogens is 674 g/mol. The van der Waals surface area contributed by atoms with Gasteiger partial charge in [-0.25, -0.2) is 17.6 Å². The van der Waals surface area contributed by atoms with E-state index in [1.807, 2.05) is 6.07 Å². The van der Waals surface area contributed by atoms with Gasteiger partial charge in [0.1, 0.15) is 5.82 Å². The summed E-state index contributed by atoms with van der Waals surface area (Å²) in [5, 5.41) is 13.7. The maximum atomic E-state index is 14.9. The zero-order valence-electron chi connectivity index (χ0n) is 32.9. The summed E-state index contributed by atoms with van der Waals surface area (Å²) < 4.78 is 40.7. The molecule has 0 spiro atoms. The fourth-order valence-corrected chi connectivity index (χ4v) is 15.0. The molecule has 5 fully saturated rings. The molecule has 0 unspecified atom stereocenters. The number of halogens is 1. The molecule has 0 bridgehead atoms. The standard InChI is InChI=1S/C43H64FN3O4S/c1-28(2)30-13-18-43(45-21-22-46-23-25-47(26-24-46)52(8,50)51)20-19-41(6)33(37(30)43)11-12-36-40(5)16-14-32(29-9-10-31(38(48)49)34(44)27-29)39(3,4)35(40)15-17-42(36,41)7/h9-10,14,27,30,33,35-37,45H,1,11-13,15-26H2,2-8H3,(H,48,49)/t30-,33+,35-,36+,37+,40-,41+,42+,43-/m0/s1. The minimum atomic E-state index is -3.13. The maximum Gasteiger partial charge on any atom is 0.338 e. The molecule has 9 heteroatoms. The number of allylic oxidation sites excluding steroid dienone is 3. The summed E-state index contributed by atoms with van der Waals surface area (Å²) in [6.45, 7) is 24.1. The second-order valence-electron chi connectivity index (χ2n) is 19.3. The van der Waals surface area contributed by atoms with Crippen molar-refractivity contribution in [2.24, 2.45) is 51.2 Å². The lowest BCUT2D eigenvalue weighted by Crippen LogP contribution is -2.68. The van der Waals surface area contributed by atoms with Crippen molar-refractivity contribution in [3.8, 4) is 0 Å². The van der Waals surface area contributed by atoms with Gasteiger partial charge in [0, 0.05) is 44.8 Å². The molecule has 0 aromatic heterocycles. The molecular formula is C43H64FN3O4S. The monoisotopic (exact) mass is 737 g/mol. The van der Waals surface area contributed by atoms with Gasteiger partial charge in [-0.1, -0.05) is 58.9 Å². The number of hydrogen-bond acceptors (Lipinski definition) is 5. The van der Waals surface area contributed by atoms with Gasteiger partial charge in [0.15, 0.2) is 0 Å². The van der Waals surface area contributed by atoms with Gasteiger partial charge in [0.05, 0.1) is 11.8 Å². The summed E-state index contributed by atoms with van der Waals surface area (Å²) >= 11 is 0. The van der Waals surface area contributed by atoms with Crippen LogP contribution in [0.4, 0.5) is 4.39 Å². The Labute approximate surface area is 312 Å². The molecule has 1 aliphatic heterocycles. The van der Waals surface area contributed by atoms with E-state index in [-0.39, 0.29) is 32.8 Å². The van der Waals surface area contributed by atoms with E-state index in [9.17, 15) is 22.7 Å². The van der Waals surface area contributed by atoms with Gasteiger partial charge in [0.2, 0.25) is 10.0 Å². The summed E-state index contributed by atoms with van der Waals surface area (Å²) in [6.07, 6.45) is 14.4. The van der Waals surface area contributed by atoms with Crippen LogP contribution in [-0.2, 0) is 10.0 Å². The highest BCUT2D eigenvalue weighted by atomic mass is 32.2. The number of carbonyl (C=O) groups is 1. The van der Waals surface area contributed by atoms with Crippen LogP contribution in [0.2, 0.25) is 0 Å². The van der Waals surface area contributed by atoms with Gasteiger partial charge in [-0.3, -0.25) is 4.90 Å². The smallest absolute Gasteiger partial charge is 0.338 e. The summed E-state index contributed by atoms with van der Waals surface area (Å²) in [7, 11) is -3.13. The second-order valence-corrected chi connectivity index (χ2v) is 21.3. The lowest BCUT2D eigenvalue weighted by Gasteiger charge is -2.72. The van der Waals surface area contributed by atoms with Crippen molar-refractivity contribution in [1.82, 2.24) is 14.5 Å². The number of benzene rings is 1. The van der Waals surface area contributed by atoms with E-state index < -0.39 is 21.8 Å². The topological polar surface area (TPSA) is 90.0 Å². The molecule has 1 aromatic carbocycles. The number of rotatable bonds is 8. The molecule has 1 saturated heterocycles. The first-order valence-electron chi connectivity index (χ1n) is 20.1. The molecule has 6 aliphatic rings. The minimum Gasteiger partial charge on any atom is -0.478 e. The minimum absolute atomic E-state index is 0.128. The Morgan fingerprint density at radius 3 is 2.31 bits per heavy atom. The van der Waals surface area contributed by atoms with Crippen LogP contribution in [0, 0.1) is 57.1 Å². The summed E-state index contributed by atoms with van der Waals surface area (Å²) in [4.78, 5) is 14.0. The Hall–Kier alpha value is -2.07. The highest BCUT2D eigenvalue weighted by molar-refractivity contribution is 7.88. The van der Waals surface area contributed by atoms with E-state index in [2.05, 4.69) is 64.4 Å². The molecule has 7 rings (SSSR count). The van der Waals surface area contributed by atoms with Gasteiger partial charge in [-0.15, -0.1) is 0 Å². The maximum absolute atomic E-state index is 14.9. The van der Waals surface area contributed by atoms with Crippen molar-refractivity contribution < 1.29 is 22.7 Å². The zero-order valence-corrected chi connectivity index (χ0v) is 33.7. The molecule has 52 heavy (non-hydrogen) atoms. The van der Waals surface area contributed by atoms with Gasteiger partial charge >= 0.3 is 5.97 Å². The Morgan fingerprint density at radius 1 is 0.962 bits per heavy atom. The second kappa shape index (κ2) is 13.0. The zero-order chi connectivity index (χ0) is 37.6. The molecule has 0 radical (unpaired) electrons. The summed E-state index contributed by atoms with van der Waals surface area (Å²) in [6, 6.07) is 4.68. The fraction of sp³-hybridized carbons (Fsp3) is 0.744. The van der Waals surface area contributed by atoms with Crippen molar-refractivity contribution >= 4 is 21.6 Å². The Balaban J connectivity index is 1.13. The van der Waals surface area contributed by atoms with E-state index in [1.165, 1.54) is 68.9 Å². The lowest BCUT2D eigenvalue weighted by atomic mass is 9.33.